The van der Waals surface area contributed by atoms with Gasteiger partial charge in [0.1, 0.15) is 10.7 Å². The Balaban J connectivity index is 1.43. The predicted molar refractivity (Wildman–Crippen MR) is 126 cm³/mol. The zero-order chi connectivity index (χ0) is 24.6. The van der Waals surface area contributed by atoms with Crippen LogP contribution < -0.4 is 11.1 Å². The van der Waals surface area contributed by atoms with E-state index in [1.54, 1.807) is 25.1 Å². The van der Waals surface area contributed by atoms with Crippen molar-refractivity contribution in [2.45, 2.75) is 25.4 Å². The highest BCUT2D eigenvalue weighted by atomic mass is 35.5. The Morgan fingerprint density at radius 3 is 2.68 bits per heavy atom. The molecule has 0 radical (unpaired) electrons. The van der Waals surface area contributed by atoms with Crippen LogP contribution >= 0.6 is 34.3 Å². The van der Waals surface area contributed by atoms with Gasteiger partial charge >= 0.3 is 6.18 Å². The van der Waals surface area contributed by atoms with Crippen molar-refractivity contribution in [1.82, 2.24) is 15.0 Å². The topological polar surface area (TPSA) is 111 Å². The van der Waals surface area contributed by atoms with Gasteiger partial charge in [-0.1, -0.05) is 29.9 Å². The van der Waals surface area contributed by atoms with E-state index in [0.717, 1.165) is 27.8 Å². The van der Waals surface area contributed by atoms with Gasteiger partial charge in [0.25, 0.3) is 5.91 Å². The number of nitrogen functional groups attached to an aromatic ring is 1. The minimum atomic E-state index is -4.68. The van der Waals surface area contributed by atoms with Crippen molar-refractivity contribution in [3.05, 3.63) is 62.7 Å². The molecule has 1 amide bonds. The van der Waals surface area contributed by atoms with Crippen molar-refractivity contribution in [3.63, 3.8) is 0 Å². The van der Waals surface area contributed by atoms with Crippen LogP contribution in [0.2, 0.25) is 5.02 Å². The molecule has 0 saturated carbocycles. The molecule has 0 saturated heterocycles. The monoisotopic (exact) mass is 525 g/mol. The van der Waals surface area contributed by atoms with Gasteiger partial charge in [-0.15, -0.1) is 11.3 Å². The molecule has 3 aromatic heterocycles. The smallest absolute Gasteiger partial charge is 0.375 e. The van der Waals surface area contributed by atoms with Crippen molar-refractivity contribution in [3.8, 4) is 0 Å². The van der Waals surface area contributed by atoms with Crippen LogP contribution in [0, 0.1) is 0 Å². The Bertz CT molecular complexity index is 1400. The third-order valence-electron chi connectivity index (χ3n) is 4.79. The fraction of sp³-hybridized carbons (Fsp3) is 0.190. The first-order valence-corrected chi connectivity index (χ1v) is 11.7. The van der Waals surface area contributed by atoms with Gasteiger partial charge in [0.15, 0.2) is 10.9 Å². The lowest BCUT2D eigenvalue weighted by Crippen LogP contribution is -2.13. The number of thiazole rings is 2. The maximum atomic E-state index is 13.0. The number of nitrogens with two attached hydrogens (primary N) is 1. The van der Waals surface area contributed by atoms with E-state index < -0.39 is 22.7 Å². The standard InChI is InChI=1S/C21H15ClF3N5O2S2/c1-9(4-14(31)10-2-3-13-15(5-10)34-20(26)29-13)19-28-8-16(33-19)18(32)30-17-6-11(21(23,24)25)12(22)7-27-17/h2-3,5-9H,4H2,1H3,(H2,26,29)(H,27,30,32)/t9-/m0/s1. The lowest BCUT2D eigenvalue weighted by molar-refractivity contribution is -0.137. The number of benzene rings is 1. The van der Waals surface area contributed by atoms with Crippen molar-refractivity contribution >= 4 is 67.1 Å². The minimum absolute atomic E-state index is 0.104. The molecule has 4 rings (SSSR count). The number of nitrogens with zero attached hydrogens (tertiary/aromatic N) is 3. The molecular formula is C21H15ClF3N5O2S2. The number of alkyl halides is 3. The van der Waals surface area contributed by atoms with Gasteiger partial charge < -0.3 is 11.1 Å². The number of halogens is 4. The number of carbonyl (C=O) groups excluding carboxylic acids is 2. The summed E-state index contributed by atoms with van der Waals surface area (Å²) in [4.78, 5) is 37.5. The van der Waals surface area contributed by atoms with Gasteiger partial charge in [0.05, 0.1) is 32.0 Å². The largest absolute Gasteiger partial charge is 0.418 e. The van der Waals surface area contributed by atoms with Gasteiger partial charge in [-0.25, -0.2) is 15.0 Å². The van der Waals surface area contributed by atoms with Crippen LogP contribution in [0.1, 0.15) is 49.9 Å². The number of Topliss-reactive ketones (excluding diaryl/α,β-unsaturated/α-hetero) is 1. The number of hydrogen-bond donors (Lipinski definition) is 2. The lowest BCUT2D eigenvalue weighted by Gasteiger charge is -2.10. The number of anilines is 2. The van der Waals surface area contributed by atoms with Gasteiger partial charge in [-0.2, -0.15) is 13.2 Å². The number of fused-ring (bicyclic) bond motifs is 1. The fourth-order valence-electron chi connectivity index (χ4n) is 3.12. The summed E-state index contributed by atoms with van der Waals surface area (Å²) in [6.07, 6.45) is -2.40. The van der Waals surface area contributed by atoms with Crippen LogP contribution in [0.3, 0.4) is 0 Å². The Labute approximate surface area is 203 Å². The number of rotatable bonds is 6. The average molecular weight is 526 g/mol. The average Bonchev–Trinajstić information content (AvgIpc) is 3.39. The third kappa shape index (κ3) is 5.18. The molecule has 0 bridgehead atoms. The summed E-state index contributed by atoms with van der Waals surface area (Å²) in [5.41, 5.74) is 5.85. The van der Waals surface area contributed by atoms with Crippen LogP contribution in [0.25, 0.3) is 10.2 Å². The van der Waals surface area contributed by atoms with E-state index in [4.69, 9.17) is 17.3 Å². The molecule has 176 valence electrons. The summed E-state index contributed by atoms with van der Waals surface area (Å²) in [6, 6.07) is 5.83. The number of carbonyl (C=O) groups is 2. The Morgan fingerprint density at radius 1 is 1.18 bits per heavy atom. The molecule has 0 spiro atoms. The van der Waals surface area contributed by atoms with Crippen LogP contribution in [0.15, 0.2) is 36.7 Å². The normalized spacial score (nSPS) is 12.6. The fourth-order valence-corrected chi connectivity index (χ4v) is 4.97. The van der Waals surface area contributed by atoms with E-state index in [0.29, 0.717) is 21.8 Å². The molecule has 0 fully saturated rings. The van der Waals surface area contributed by atoms with Crippen LogP contribution in [-0.2, 0) is 6.18 Å². The first kappa shape index (κ1) is 24.0. The molecule has 0 aliphatic heterocycles. The highest BCUT2D eigenvalue weighted by Crippen LogP contribution is 2.35. The van der Waals surface area contributed by atoms with Crippen molar-refractivity contribution in [2.24, 2.45) is 0 Å². The van der Waals surface area contributed by atoms with Gasteiger partial charge in [-0.05, 0) is 24.3 Å². The number of amides is 1. The Morgan fingerprint density at radius 2 is 1.94 bits per heavy atom. The molecular weight excluding hydrogens is 511 g/mol. The number of hydrogen-bond acceptors (Lipinski definition) is 8. The molecule has 1 atom stereocenters. The van der Waals surface area contributed by atoms with Gasteiger partial charge in [0.2, 0.25) is 0 Å². The third-order valence-corrected chi connectivity index (χ3v) is 7.17. The molecule has 4 aromatic rings. The maximum Gasteiger partial charge on any atom is 0.418 e. The van der Waals surface area contributed by atoms with Gasteiger partial charge in [-0.3, -0.25) is 9.59 Å². The summed E-state index contributed by atoms with van der Waals surface area (Å²) in [5, 5.41) is 2.71. The van der Waals surface area contributed by atoms with E-state index in [9.17, 15) is 22.8 Å². The zero-order valence-electron chi connectivity index (χ0n) is 17.3. The number of aromatic nitrogens is 3. The minimum Gasteiger partial charge on any atom is -0.375 e. The highest BCUT2D eigenvalue weighted by Gasteiger charge is 2.34. The molecule has 34 heavy (non-hydrogen) atoms. The van der Waals surface area contributed by atoms with E-state index in [1.807, 2.05) is 0 Å². The molecule has 1 aromatic carbocycles. The first-order valence-electron chi connectivity index (χ1n) is 9.70. The second-order valence-corrected chi connectivity index (χ2v) is 9.86. The number of pyridine rings is 1. The molecule has 0 unspecified atom stereocenters. The van der Waals surface area contributed by atoms with E-state index in [2.05, 4.69) is 20.3 Å². The zero-order valence-corrected chi connectivity index (χ0v) is 19.7. The SMILES string of the molecule is C[C@@H](CC(=O)c1ccc2nc(N)sc2c1)c1ncc(C(=O)Nc2cc(C(F)(F)F)c(Cl)cn2)s1. The molecule has 3 N–H and O–H groups in total. The quantitative estimate of drug-likeness (QED) is 0.297. The molecule has 13 heteroatoms. The number of ketones is 1. The maximum absolute atomic E-state index is 13.0. The molecule has 3 heterocycles. The van der Waals surface area contributed by atoms with E-state index >= 15 is 0 Å². The predicted octanol–water partition coefficient (Wildman–Crippen LogP) is 6.03. The van der Waals surface area contributed by atoms with Gasteiger partial charge in [0, 0.05) is 24.1 Å². The van der Waals surface area contributed by atoms with Crippen LogP contribution in [0.5, 0.6) is 0 Å². The molecule has 0 aliphatic carbocycles. The second kappa shape index (κ2) is 9.28. The summed E-state index contributed by atoms with van der Waals surface area (Å²) in [5.74, 6) is -1.35. The summed E-state index contributed by atoms with van der Waals surface area (Å²) in [6.45, 7) is 1.80. The Kier molecular flexibility index (Phi) is 6.56. The molecule has 0 aliphatic rings. The van der Waals surface area contributed by atoms with E-state index in [1.165, 1.54) is 17.5 Å². The summed E-state index contributed by atoms with van der Waals surface area (Å²) >= 11 is 7.89. The first-order chi connectivity index (χ1) is 16.0. The van der Waals surface area contributed by atoms with Crippen molar-refractivity contribution < 1.29 is 22.8 Å². The lowest BCUT2D eigenvalue weighted by atomic mass is 10.0. The second-order valence-electron chi connectivity index (χ2n) is 7.33. The molecule has 7 nitrogen and oxygen atoms in total. The Hall–Kier alpha value is -3.09. The number of nitrogens with one attached hydrogen (secondary N) is 1. The summed E-state index contributed by atoms with van der Waals surface area (Å²) in [7, 11) is 0. The van der Waals surface area contributed by atoms with Crippen molar-refractivity contribution in [2.75, 3.05) is 11.1 Å². The summed E-state index contributed by atoms with van der Waals surface area (Å²) < 4.78 is 39.9. The van der Waals surface area contributed by atoms with Crippen LogP contribution in [0.4, 0.5) is 24.1 Å². The van der Waals surface area contributed by atoms with E-state index in [-0.39, 0.29) is 28.8 Å². The van der Waals surface area contributed by atoms with Crippen molar-refractivity contribution in [1.29, 1.82) is 0 Å². The van der Waals surface area contributed by atoms with Crippen LogP contribution in [-0.4, -0.2) is 26.6 Å². The highest BCUT2D eigenvalue weighted by molar-refractivity contribution is 7.22.